The van der Waals surface area contributed by atoms with Crippen molar-refractivity contribution in [2.24, 2.45) is 10.4 Å². The third kappa shape index (κ3) is 1.22. The molecule has 0 saturated heterocycles. The average Bonchev–Trinajstić information content (AvgIpc) is 2.05. The van der Waals surface area contributed by atoms with Crippen molar-refractivity contribution in [1.29, 1.82) is 0 Å². The Morgan fingerprint density at radius 1 is 1.10 bits per heavy atom. The van der Waals surface area contributed by atoms with Crippen molar-refractivity contribution in [3.05, 3.63) is 34.1 Å². The van der Waals surface area contributed by atoms with Crippen LogP contribution in [0.1, 0.15) is 0 Å². The zero-order valence-corrected chi connectivity index (χ0v) is 4.94. The summed E-state index contributed by atoms with van der Waals surface area (Å²) in [6.07, 6.45) is 0. The lowest BCUT2D eigenvalue weighted by Gasteiger charge is -1.85. The van der Waals surface area contributed by atoms with Gasteiger partial charge in [-0.3, -0.25) is 0 Å². The highest BCUT2D eigenvalue weighted by atomic mass is 16.3. The molecule has 0 saturated carbocycles. The van der Waals surface area contributed by atoms with Gasteiger partial charge in [-0.15, -0.1) is 9.81 Å². The first-order chi connectivity index (χ1) is 4.86. The standard InChI is InChI=1S/C6H3N2O2/c9-7-5-2-1-3-6(4-5)8-10/h1-3H. The number of nitrogens with zero attached hydrogens (tertiary/aromatic N) is 2. The molecule has 10 heavy (non-hydrogen) atoms. The molecule has 0 aliphatic rings. The molecule has 0 aliphatic heterocycles. The summed E-state index contributed by atoms with van der Waals surface area (Å²) in [5, 5.41) is 5.15. The lowest BCUT2D eigenvalue weighted by atomic mass is 10.3. The number of benzene rings is 1. The Hall–Kier alpha value is -1.58. The molecule has 49 valence electrons. The van der Waals surface area contributed by atoms with Crippen molar-refractivity contribution in [2.45, 2.75) is 0 Å². The van der Waals surface area contributed by atoms with E-state index in [1.165, 1.54) is 18.2 Å². The zero-order chi connectivity index (χ0) is 7.40. The summed E-state index contributed by atoms with van der Waals surface area (Å²) in [6.45, 7) is 0. The van der Waals surface area contributed by atoms with E-state index in [-0.39, 0.29) is 11.4 Å². The van der Waals surface area contributed by atoms with Crippen LogP contribution in [0.2, 0.25) is 0 Å². The second-order valence-electron chi connectivity index (χ2n) is 1.60. The van der Waals surface area contributed by atoms with Crippen LogP contribution in [0.15, 0.2) is 28.6 Å². The quantitative estimate of drug-likeness (QED) is 0.584. The fourth-order valence-corrected chi connectivity index (χ4v) is 0.551. The molecule has 4 nitrogen and oxygen atoms in total. The molecule has 0 aromatic heterocycles. The maximum absolute atomic E-state index is 9.85. The highest BCUT2D eigenvalue weighted by Crippen LogP contribution is 2.17. The number of hydrogen-bond donors (Lipinski definition) is 0. The van der Waals surface area contributed by atoms with Crippen LogP contribution in [0.4, 0.5) is 11.4 Å². The lowest BCUT2D eigenvalue weighted by Crippen LogP contribution is -1.62. The Labute approximate surface area is 56.8 Å². The van der Waals surface area contributed by atoms with E-state index in [2.05, 4.69) is 16.4 Å². The summed E-state index contributed by atoms with van der Waals surface area (Å²) >= 11 is 0. The molecule has 0 bridgehead atoms. The predicted octanol–water partition coefficient (Wildman–Crippen LogP) is 2.28. The van der Waals surface area contributed by atoms with Crippen LogP contribution in [0.3, 0.4) is 0 Å². The highest BCUT2D eigenvalue weighted by Gasteiger charge is 1.93. The first-order valence-electron chi connectivity index (χ1n) is 2.56. The molecule has 0 fully saturated rings. The molecule has 0 aliphatic carbocycles. The number of nitroso groups, excluding NO2 is 2. The molecule has 1 aromatic carbocycles. The van der Waals surface area contributed by atoms with Crippen molar-refractivity contribution >= 4 is 11.4 Å². The van der Waals surface area contributed by atoms with Gasteiger partial charge in [-0.25, -0.2) is 0 Å². The largest absolute Gasteiger partial charge is 0.145 e. The van der Waals surface area contributed by atoms with Crippen molar-refractivity contribution in [2.75, 3.05) is 0 Å². The van der Waals surface area contributed by atoms with Gasteiger partial charge in [0.25, 0.3) is 0 Å². The van der Waals surface area contributed by atoms with E-state index in [1.54, 1.807) is 0 Å². The van der Waals surface area contributed by atoms with E-state index in [1.807, 2.05) is 0 Å². The summed E-state index contributed by atoms with van der Waals surface area (Å²) < 4.78 is 0. The van der Waals surface area contributed by atoms with Crippen molar-refractivity contribution in [1.82, 2.24) is 0 Å². The molecule has 0 N–H and O–H groups in total. The third-order valence-electron chi connectivity index (χ3n) is 0.961. The predicted molar refractivity (Wildman–Crippen MR) is 36.2 cm³/mol. The molecule has 1 aromatic rings. The Morgan fingerprint density at radius 3 is 2.00 bits per heavy atom. The van der Waals surface area contributed by atoms with Gasteiger partial charge in [0.1, 0.15) is 11.4 Å². The van der Waals surface area contributed by atoms with Gasteiger partial charge in [-0.2, -0.15) is 0 Å². The zero-order valence-electron chi connectivity index (χ0n) is 4.94. The number of hydrogen-bond acceptors (Lipinski definition) is 4. The number of rotatable bonds is 2. The van der Waals surface area contributed by atoms with E-state index in [0.717, 1.165) is 0 Å². The van der Waals surface area contributed by atoms with E-state index in [4.69, 9.17) is 0 Å². The van der Waals surface area contributed by atoms with Gasteiger partial charge in [0.2, 0.25) is 0 Å². The normalized spacial score (nSPS) is 8.80. The topological polar surface area (TPSA) is 58.9 Å². The second kappa shape index (κ2) is 2.82. The van der Waals surface area contributed by atoms with E-state index < -0.39 is 0 Å². The van der Waals surface area contributed by atoms with Crippen molar-refractivity contribution in [3.8, 4) is 0 Å². The van der Waals surface area contributed by atoms with Crippen LogP contribution < -0.4 is 0 Å². The summed E-state index contributed by atoms with van der Waals surface area (Å²) in [7, 11) is 0. The van der Waals surface area contributed by atoms with Crippen LogP contribution in [0, 0.1) is 15.9 Å². The Morgan fingerprint density at radius 2 is 1.60 bits per heavy atom. The molecule has 0 amide bonds. The second-order valence-corrected chi connectivity index (χ2v) is 1.60. The van der Waals surface area contributed by atoms with E-state index in [0.29, 0.717) is 0 Å². The van der Waals surface area contributed by atoms with Gasteiger partial charge >= 0.3 is 0 Å². The lowest BCUT2D eigenvalue weighted by molar-refractivity contribution is 1.43. The fraction of sp³-hybridized carbons (Fsp3) is 0. The monoisotopic (exact) mass is 135 g/mol. The highest BCUT2D eigenvalue weighted by molar-refractivity contribution is 5.47. The molecule has 0 spiro atoms. The van der Waals surface area contributed by atoms with Gasteiger partial charge in [0.15, 0.2) is 0 Å². The van der Waals surface area contributed by atoms with Gasteiger partial charge in [-0.05, 0) is 22.5 Å². The van der Waals surface area contributed by atoms with Crippen LogP contribution in [-0.2, 0) is 0 Å². The smallest absolute Gasteiger partial charge is 0.118 e. The maximum atomic E-state index is 9.85. The molecule has 4 heteroatoms. The summed E-state index contributed by atoms with van der Waals surface area (Å²) in [5.41, 5.74) is 0.189. The Bertz CT molecular complexity index is 236. The minimum Gasteiger partial charge on any atom is -0.145 e. The van der Waals surface area contributed by atoms with E-state index in [9.17, 15) is 9.81 Å². The Kier molecular flexibility index (Phi) is 1.84. The van der Waals surface area contributed by atoms with Gasteiger partial charge < -0.3 is 0 Å². The van der Waals surface area contributed by atoms with Crippen LogP contribution >= 0.6 is 0 Å². The van der Waals surface area contributed by atoms with Gasteiger partial charge in [-0.1, -0.05) is 6.07 Å². The first kappa shape index (κ1) is 6.54. The minimum absolute atomic E-state index is 0.0945. The molecule has 1 rings (SSSR count). The molecule has 0 heterocycles. The summed E-state index contributed by atoms with van der Waals surface area (Å²) in [6, 6.07) is 6.80. The fourth-order valence-electron chi connectivity index (χ4n) is 0.551. The minimum atomic E-state index is 0.0945. The van der Waals surface area contributed by atoms with Crippen molar-refractivity contribution < 1.29 is 0 Å². The summed E-state index contributed by atoms with van der Waals surface area (Å²) in [5.74, 6) is 0. The SMILES string of the molecule is O=Nc1[c]c(N=O)ccc1. The summed E-state index contributed by atoms with van der Waals surface area (Å²) in [4.78, 5) is 19.7. The van der Waals surface area contributed by atoms with Crippen molar-refractivity contribution in [3.63, 3.8) is 0 Å². The molecular formula is C6H3N2O2. The average molecular weight is 135 g/mol. The third-order valence-corrected chi connectivity index (χ3v) is 0.961. The molecular weight excluding hydrogens is 132 g/mol. The van der Waals surface area contributed by atoms with Crippen LogP contribution in [-0.4, -0.2) is 0 Å². The Balaban J connectivity index is 3.09. The maximum Gasteiger partial charge on any atom is 0.118 e. The van der Waals surface area contributed by atoms with Crippen LogP contribution in [0.5, 0.6) is 0 Å². The van der Waals surface area contributed by atoms with Gasteiger partial charge in [0.05, 0.1) is 0 Å². The van der Waals surface area contributed by atoms with Crippen LogP contribution in [0.25, 0.3) is 0 Å². The molecule has 0 atom stereocenters. The molecule has 1 radical (unpaired) electrons. The molecule has 0 unspecified atom stereocenters. The first-order valence-corrected chi connectivity index (χ1v) is 2.56. The van der Waals surface area contributed by atoms with Gasteiger partial charge in [0, 0.05) is 6.07 Å². The van der Waals surface area contributed by atoms with E-state index >= 15 is 0 Å².